The molecule has 2 aromatic rings. The van der Waals surface area contributed by atoms with E-state index in [0.29, 0.717) is 0 Å². The zero-order valence-electron chi connectivity index (χ0n) is 18.0. The van der Waals surface area contributed by atoms with Gasteiger partial charge in [0.25, 0.3) is 0 Å². The van der Waals surface area contributed by atoms with Crippen molar-refractivity contribution >= 4 is 0 Å². The van der Waals surface area contributed by atoms with Crippen LogP contribution in [0, 0.1) is 11.8 Å². The standard InChI is InChI=1S/2C13H18N2/c2*1-2-4-11(5-3-1)10-15-7-6-12-8-14-9-13(12)15/h2*1-5,12-14H,6-10H2/t2*12-,13+/m10/s1. The van der Waals surface area contributed by atoms with E-state index in [1.807, 2.05) is 0 Å². The fourth-order valence-electron chi connectivity index (χ4n) is 5.91. The minimum atomic E-state index is 0.796. The van der Waals surface area contributed by atoms with Crippen molar-refractivity contribution in [2.75, 3.05) is 39.3 Å². The Labute approximate surface area is 181 Å². The van der Waals surface area contributed by atoms with Crippen molar-refractivity contribution in [3.63, 3.8) is 0 Å². The van der Waals surface area contributed by atoms with Gasteiger partial charge in [0.2, 0.25) is 0 Å². The van der Waals surface area contributed by atoms with Gasteiger partial charge in [-0.3, -0.25) is 9.80 Å². The molecular weight excluding hydrogens is 368 g/mol. The summed E-state index contributed by atoms with van der Waals surface area (Å²) in [5.74, 6) is 1.82. The van der Waals surface area contributed by atoms with Crippen LogP contribution in [-0.2, 0) is 13.1 Å². The van der Waals surface area contributed by atoms with Gasteiger partial charge in [-0.15, -0.1) is 0 Å². The van der Waals surface area contributed by atoms with Gasteiger partial charge in [-0.05, 0) is 62.0 Å². The second-order valence-corrected chi connectivity index (χ2v) is 9.46. The number of hydrogen-bond donors (Lipinski definition) is 2. The average molecular weight is 405 g/mol. The molecule has 0 aromatic heterocycles. The van der Waals surface area contributed by atoms with Gasteiger partial charge in [0.15, 0.2) is 0 Å². The maximum Gasteiger partial charge on any atom is 0.0264 e. The van der Waals surface area contributed by atoms with Crippen LogP contribution in [-0.4, -0.2) is 61.2 Å². The Morgan fingerprint density at radius 3 is 1.47 bits per heavy atom. The fourth-order valence-corrected chi connectivity index (χ4v) is 5.91. The number of fused-ring (bicyclic) bond motifs is 2. The molecule has 4 heteroatoms. The van der Waals surface area contributed by atoms with Crippen molar-refractivity contribution < 1.29 is 0 Å². The summed E-state index contributed by atoms with van der Waals surface area (Å²) in [6, 6.07) is 23.2. The van der Waals surface area contributed by atoms with E-state index in [0.717, 1.165) is 37.0 Å². The molecule has 4 aliphatic heterocycles. The lowest BCUT2D eigenvalue weighted by atomic mass is 10.1. The summed E-state index contributed by atoms with van der Waals surface area (Å²) in [6.07, 6.45) is 2.76. The summed E-state index contributed by atoms with van der Waals surface area (Å²) in [5.41, 5.74) is 2.90. The lowest BCUT2D eigenvalue weighted by Gasteiger charge is -2.22. The summed E-state index contributed by atoms with van der Waals surface area (Å²) >= 11 is 0. The van der Waals surface area contributed by atoms with Crippen molar-refractivity contribution in [3.05, 3.63) is 71.8 Å². The Bertz CT molecular complexity index is 713. The average Bonchev–Trinajstić information content (AvgIpc) is 3.55. The van der Waals surface area contributed by atoms with Crippen LogP contribution < -0.4 is 10.6 Å². The first-order chi connectivity index (χ1) is 14.9. The van der Waals surface area contributed by atoms with E-state index in [-0.39, 0.29) is 0 Å². The molecule has 4 aliphatic rings. The first kappa shape index (κ1) is 20.2. The molecule has 4 heterocycles. The van der Waals surface area contributed by atoms with Crippen LogP contribution in [0.5, 0.6) is 0 Å². The first-order valence-corrected chi connectivity index (χ1v) is 11.8. The molecule has 4 fully saturated rings. The van der Waals surface area contributed by atoms with Gasteiger partial charge in [0.05, 0.1) is 0 Å². The summed E-state index contributed by atoms with van der Waals surface area (Å²) < 4.78 is 0. The third kappa shape index (κ3) is 4.62. The van der Waals surface area contributed by atoms with Crippen LogP contribution in [0.2, 0.25) is 0 Å². The molecule has 0 spiro atoms. The molecule has 0 unspecified atom stereocenters. The molecule has 0 aliphatic carbocycles. The van der Waals surface area contributed by atoms with Gasteiger partial charge in [-0.25, -0.2) is 0 Å². The summed E-state index contributed by atoms with van der Waals surface area (Å²) in [6.45, 7) is 9.67. The highest BCUT2D eigenvalue weighted by atomic mass is 15.2. The van der Waals surface area contributed by atoms with Crippen molar-refractivity contribution in [2.45, 2.75) is 38.0 Å². The Morgan fingerprint density at radius 1 is 0.600 bits per heavy atom. The van der Waals surface area contributed by atoms with E-state index in [1.165, 1.54) is 63.2 Å². The van der Waals surface area contributed by atoms with Crippen LogP contribution in [0.15, 0.2) is 60.7 Å². The second-order valence-electron chi connectivity index (χ2n) is 9.46. The molecule has 4 atom stereocenters. The summed E-state index contributed by atoms with van der Waals surface area (Å²) in [7, 11) is 0. The second kappa shape index (κ2) is 9.61. The SMILES string of the molecule is c1ccc(CN2CC[C@@H]3CNC[C@@H]32)cc1.c1ccc(CN2CC[C@H]3CNC[C@H]32)cc1. The maximum absolute atomic E-state index is 3.50. The van der Waals surface area contributed by atoms with E-state index < -0.39 is 0 Å². The molecule has 0 saturated carbocycles. The molecule has 30 heavy (non-hydrogen) atoms. The Morgan fingerprint density at radius 2 is 1.03 bits per heavy atom. The fraction of sp³-hybridized carbons (Fsp3) is 0.538. The predicted octanol–water partition coefficient (Wildman–Crippen LogP) is 2.96. The van der Waals surface area contributed by atoms with Gasteiger partial charge in [-0.2, -0.15) is 0 Å². The third-order valence-corrected chi connectivity index (χ3v) is 7.58. The van der Waals surface area contributed by atoms with Crippen molar-refractivity contribution in [2.24, 2.45) is 11.8 Å². The van der Waals surface area contributed by atoms with Gasteiger partial charge in [-0.1, -0.05) is 60.7 Å². The Kier molecular flexibility index (Phi) is 6.47. The van der Waals surface area contributed by atoms with E-state index >= 15 is 0 Å². The van der Waals surface area contributed by atoms with Crippen LogP contribution in [0.3, 0.4) is 0 Å². The van der Waals surface area contributed by atoms with Crippen LogP contribution >= 0.6 is 0 Å². The highest BCUT2D eigenvalue weighted by Gasteiger charge is 2.37. The van der Waals surface area contributed by atoms with Crippen LogP contribution in [0.1, 0.15) is 24.0 Å². The van der Waals surface area contributed by atoms with E-state index in [9.17, 15) is 0 Å². The quantitative estimate of drug-likeness (QED) is 0.820. The molecule has 2 N–H and O–H groups in total. The van der Waals surface area contributed by atoms with Gasteiger partial charge in [0.1, 0.15) is 0 Å². The molecule has 4 saturated heterocycles. The molecule has 0 bridgehead atoms. The zero-order valence-corrected chi connectivity index (χ0v) is 18.0. The number of rotatable bonds is 4. The molecule has 0 amide bonds. The topological polar surface area (TPSA) is 30.5 Å². The monoisotopic (exact) mass is 404 g/mol. The number of likely N-dealkylation sites (tertiary alicyclic amines) is 2. The highest BCUT2D eigenvalue weighted by molar-refractivity contribution is 5.16. The highest BCUT2D eigenvalue weighted by Crippen LogP contribution is 2.29. The minimum Gasteiger partial charge on any atom is -0.315 e. The zero-order chi connectivity index (χ0) is 20.2. The Balaban J connectivity index is 0.000000128. The number of nitrogens with one attached hydrogen (secondary N) is 2. The smallest absolute Gasteiger partial charge is 0.0264 e. The predicted molar refractivity (Wildman–Crippen MR) is 123 cm³/mol. The molecule has 6 rings (SSSR count). The minimum absolute atomic E-state index is 0.796. The van der Waals surface area contributed by atoms with Crippen molar-refractivity contribution in [3.8, 4) is 0 Å². The molecule has 4 nitrogen and oxygen atoms in total. The lowest BCUT2D eigenvalue weighted by molar-refractivity contribution is 0.244. The maximum atomic E-state index is 3.50. The van der Waals surface area contributed by atoms with E-state index in [4.69, 9.17) is 0 Å². The van der Waals surface area contributed by atoms with Crippen LogP contribution in [0.4, 0.5) is 0 Å². The number of hydrogen-bond acceptors (Lipinski definition) is 4. The molecule has 160 valence electrons. The number of nitrogens with zero attached hydrogens (tertiary/aromatic N) is 2. The summed E-state index contributed by atoms with van der Waals surface area (Å²) in [5, 5.41) is 7.00. The number of benzene rings is 2. The molecule has 0 radical (unpaired) electrons. The third-order valence-electron chi connectivity index (χ3n) is 7.58. The molecular formula is C26H36N4. The normalized spacial score (nSPS) is 30.7. The largest absolute Gasteiger partial charge is 0.315 e. The summed E-state index contributed by atoms with van der Waals surface area (Å²) in [4.78, 5) is 5.28. The van der Waals surface area contributed by atoms with Gasteiger partial charge in [0, 0.05) is 38.3 Å². The van der Waals surface area contributed by atoms with Gasteiger partial charge < -0.3 is 10.6 Å². The van der Waals surface area contributed by atoms with Crippen LogP contribution in [0.25, 0.3) is 0 Å². The Hall–Kier alpha value is -1.72. The first-order valence-electron chi connectivity index (χ1n) is 11.8. The van der Waals surface area contributed by atoms with Crippen molar-refractivity contribution in [1.29, 1.82) is 0 Å². The van der Waals surface area contributed by atoms with Crippen molar-refractivity contribution in [1.82, 2.24) is 20.4 Å². The molecule has 2 aromatic carbocycles. The van der Waals surface area contributed by atoms with Gasteiger partial charge >= 0.3 is 0 Å². The van der Waals surface area contributed by atoms with E-state index in [2.05, 4.69) is 81.1 Å². The lowest BCUT2D eigenvalue weighted by Crippen LogP contribution is -2.33. The van der Waals surface area contributed by atoms with E-state index in [1.54, 1.807) is 0 Å².